The van der Waals surface area contributed by atoms with Crippen molar-refractivity contribution in [2.45, 2.75) is 65.1 Å². The minimum Gasteiger partial charge on any atom is -0.383 e. The summed E-state index contributed by atoms with van der Waals surface area (Å²) in [5.74, 6) is 3.97. The van der Waals surface area contributed by atoms with Crippen LogP contribution in [-0.2, 0) is 4.74 Å². The lowest BCUT2D eigenvalue weighted by atomic mass is 10.0. The van der Waals surface area contributed by atoms with Crippen molar-refractivity contribution in [2.75, 3.05) is 25.6 Å². The van der Waals surface area contributed by atoms with Gasteiger partial charge in [-0.05, 0) is 41.2 Å². The largest absolute Gasteiger partial charge is 0.383 e. The molecule has 0 unspecified atom stereocenters. The Balaban J connectivity index is 2.64. The quantitative estimate of drug-likeness (QED) is 0.307. The van der Waals surface area contributed by atoms with E-state index in [2.05, 4.69) is 69.4 Å². The van der Waals surface area contributed by atoms with Crippen molar-refractivity contribution < 1.29 is 4.74 Å². The average Bonchev–Trinajstić information content (AvgIpc) is 2.73. The Bertz CT molecular complexity index is 1010. The van der Waals surface area contributed by atoms with Gasteiger partial charge in [0.05, 0.1) is 23.9 Å². The molecule has 6 heteroatoms. The van der Waals surface area contributed by atoms with Crippen LogP contribution in [0.5, 0.6) is 0 Å². The molecule has 170 valence electrons. The van der Waals surface area contributed by atoms with Gasteiger partial charge in [0.1, 0.15) is 13.8 Å². The lowest BCUT2D eigenvalue weighted by Crippen LogP contribution is -2.43. The van der Waals surface area contributed by atoms with E-state index >= 15 is 0 Å². The van der Waals surface area contributed by atoms with Crippen LogP contribution >= 0.6 is 0 Å². The molecular formula is C26H36N4OSi. The second-order valence-electron chi connectivity index (χ2n) is 9.12. The molecule has 1 N–H and O–H groups in total. The Labute approximate surface area is 194 Å². The number of benzene rings is 1. The zero-order valence-electron chi connectivity index (χ0n) is 20.7. The van der Waals surface area contributed by atoms with Crippen molar-refractivity contribution in [3.8, 4) is 28.8 Å². The molecule has 0 saturated carbocycles. The van der Waals surface area contributed by atoms with Gasteiger partial charge in [-0.15, -0.1) is 5.54 Å². The topological polar surface area (TPSA) is 70.8 Å². The minimum absolute atomic E-state index is 0.525. The fourth-order valence-electron chi connectivity index (χ4n) is 4.63. The van der Waals surface area contributed by atoms with Gasteiger partial charge in [0.2, 0.25) is 5.95 Å². The molecule has 0 radical (unpaired) electrons. The first-order valence-corrected chi connectivity index (χ1v) is 13.6. The summed E-state index contributed by atoms with van der Waals surface area (Å²) in [6.07, 6.45) is 0. The van der Waals surface area contributed by atoms with Crippen LogP contribution in [0.1, 0.15) is 58.4 Å². The van der Waals surface area contributed by atoms with E-state index in [0.717, 1.165) is 16.8 Å². The van der Waals surface area contributed by atoms with Crippen molar-refractivity contribution in [2.24, 2.45) is 0 Å². The van der Waals surface area contributed by atoms with Gasteiger partial charge in [-0.2, -0.15) is 5.26 Å². The van der Waals surface area contributed by atoms with Gasteiger partial charge in [0, 0.05) is 19.2 Å². The molecule has 0 bridgehead atoms. The van der Waals surface area contributed by atoms with Gasteiger partial charge in [-0.3, -0.25) is 0 Å². The van der Waals surface area contributed by atoms with Gasteiger partial charge in [-0.1, -0.05) is 59.6 Å². The summed E-state index contributed by atoms with van der Waals surface area (Å²) in [6, 6.07) is 9.91. The highest BCUT2D eigenvalue weighted by Crippen LogP contribution is 2.40. The number of ether oxygens (including phenoxy) is 1. The van der Waals surface area contributed by atoms with E-state index in [4.69, 9.17) is 9.72 Å². The van der Waals surface area contributed by atoms with Crippen molar-refractivity contribution in [1.82, 2.24) is 9.97 Å². The molecule has 0 spiro atoms. The lowest BCUT2D eigenvalue weighted by molar-refractivity contribution is 0.210. The first-order chi connectivity index (χ1) is 15.2. The fraction of sp³-hybridized carbons (Fsp3) is 0.500. The summed E-state index contributed by atoms with van der Waals surface area (Å²) in [5, 5.41) is 12.7. The van der Waals surface area contributed by atoms with Gasteiger partial charge >= 0.3 is 0 Å². The Hall–Kier alpha value is -2.67. The highest BCUT2D eigenvalue weighted by molar-refractivity contribution is 6.90. The maximum atomic E-state index is 9.45. The normalized spacial score (nSPS) is 11.4. The predicted molar refractivity (Wildman–Crippen MR) is 135 cm³/mol. The molecule has 0 aliphatic carbocycles. The zero-order valence-corrected chi connectivity index (χ0v) is 21.7. The smallest absolute Gasteiger partial charge is 0.224 e. The second-order valence-corrected chi connectivity index (χ2v) is 14.7. The third kappa shape index (κ3) is 5.57. The number of hydrogen-bond acceptors (Lipinski definition) is 5. The van der Waals surface area contributed by atoms with Crippen LogP contribution in [-0.4, -0.2) is 38.3 Å². The Morgan fingerprint density at radius 2 is 1.72 bits per heavy atom. The van der Waals surface area contributed by atoms with E-state index in [9.17, 15) is 5.26 Å². The minimum atomic E-state index is -1.89. The third-order valence-corrected chi connectivity index (χ3v) is 12.6. The number of nitrogens with one attached hydrogen (secondary N) is 1. The van der Waals surface area contributed by atoms with Crippen molar-refractivity contribution >= 4 is 14.0 Å². The van der Waals surface area contributed by atoms with Crippen LogP contribution in [0.2, 0.25) is 16.6 Å². The van der Waals surface area contributed by atoms with Crippen LogP contribution in [0.4, 0.5) is 5.95 Å². The summed E-state index contributed by atoms with van der Waals surface area (Å²) in [5.41, 5.74) is 9.34. The molecule has 0 aliphatic rings. The van der Waals surface area contributed by atoms with E-state index < -0.39 is 8.07 Å². The van der Waals surface area contributed by atoms with Crippen molar-refractivity contribution in [3.63, 3.8) is 0 Å². The third-order valence-electron chi connectivity index (χ3n) is 6.32. The summed E-state index contributed by atoms with van der Waals surface area (Å²) in [6.45, 7) is 17.0. The standard InChI is InChI=1S/C26H36N4OSi/c1-18(2)32(19(3)4,20(5)6)15-12-23-16-25(30-26(29-23)28-13-14-31-8)24-11-9-10-22(17-27)21(24)7/h9-11,16,18-20H,13-14H2,1-8H3,(H,28,29,30). The van der Waals surface area contributed by atoms with Gasteiger partial charge in [-0.25, -0.2) is 9.97 Å². The van der Waals surface area contributed by atoms with E-state index in [1.54, 1.807) is 7.11 Å². The van der Waals surface area contributed by atoms with Crippen LogP contribution in [0.15, 0.2) is 24.3 Å². The highest BCUT2D eigenvalue weighted by Gasteiger charge is 2.41. The van der Waals surface area contributed by atoms with Gasteiger partial charge in [0.15, 0.2) is 0 Å². The van der Waals surface area contributed by atoms with E-state index in [1.165, 1.54) is 0 Å². The van der Waals surface area contributed by atoms with E-state index in [-0.39, 0.29) is 0 Å². The fourth-order valence-corrected chi connectivity index (χ4v) is 9.84. The molecule has 2 aromatic rings. The molecule has 0 saturated heterocycles. The molecule has 5 nitrogen and oxygen atoms in total. The zero-order chi connectivity index (χ0) is 23.9. The number of anilines is 1. The Morgan fingerprint density at radius 1 is 1.06 bits per heavy atom. The van der Waals surface area contributed by atoms with Gasteiger partial charge < -0.3 is 10.1 Å². The number of nitrogens with zero attached hydrogens (tertiary/aromatic N) is 3. The summed E-state index contributed by atoms with van der Waals surface area (Å²) in [4.78, 5) is 9.41. The van der Waals surface area contributed by atoms with Crippen molar-refractivity contribution in [3.05, 3.63) is 41.1 Å². The first kappa shape index (κ1) is 25.6. The molecule has 1 heterocycles. The molecule has 0 amide bonds. The first-order valence-electron chi connectivity index (χ1n) is 11.3. The van der Waals surface area contributed by atoms with E-state index in [0.29, 0.717) is 47.0 Å². The lowest BCUT2D eigenvalue weighted by Gasteiger charge is -2.38. The van der Waals surface area contributed by atoms with Gasteiger partial charge in [0.25, 0.3) is 0 Å². The number of aromatic nitrogens is 2. The number of nitriles is 1. The molecular weight excluding hydrogens is 412 g/mol. The number of methoxy groups -OCH3 is 1. The second kappa shape index (κ2) is 11.3. The molecule has 1 aromatic heterocycles. The van der Waals surface area contributed by atoms with Crippen LogP contribution < -0.4 is 5.32 Å². The Morgan fingerprint density at radius 3 is 2.28 bits per heavy atom. The molecule has 2 rings (SSSR count). The molecule has 32 heavy (non-hydrogen) atoms. The molecule has 0 aliphatic heterocycles. The molecule has 0 fully saturated rings. The maximum Gasteiger partial charge on any atom is 0.224 e. The van der Waals surface area contributed by atoms with Crippen LogP contribution in [0, 0.1) is 29.7 Å². The summed E-state index contributed by atoms with van der Waals surface area (Å²) in [7, 11) is -0.219. The average molecular weight is 449 g/mol. The molecule has 1 aromatic carbocycles. The molecule has 0 atom stereocenters. The van der Waals surface area contributed by atoms with E-state index in [1.807, 2.05) is 31.2 Å². The maximum absolute atomic E-state index is 9.45. The predicted octanol–water partition coefficient (Wildman–Crippen LogP) is 5.95. The summed E-state index contributed by atoms with van der Waals surface area (Å²) < 4.78 is 5.15. The highest BCUT2D eigenvalue weighted by atomic mass is 28.3. The number of hydrogen-bond donors (Lipinski definition) is 1. The monoisotopic (exact) mass is 448 g/mol. The van der Waals surface area contributed by atoms with Crippen LogP contribution in [0.3, 0.4) is 0 Å². The van der Waals surface area contributed by atoms with Crippen molar-refractivity contribution in [1.29, 1.82) is 5.26 Å². The Kier molecular flexibility index (Phi) is 9.01. The van der Waals surface area contributed by atoms with Crippen LogP contribution in [0.25, 0.3) is 11.3 Å². The number of rotatable bonds is 8. The summed E-state index contributed by atoms with van der Waals surface area (Å²) >= 11 is 0. The SMILES string of the molecule is COCCNc1nc(C#C[Si](C(C)C)(C(C)C)C(C)C)cc(-c2cccc(C#N)c2C)n1.